The van der Waals surface area contributed by atoms with Crippen LogP contribution in [0.4, 0.5) is 5.82 Å². The zero-order chi connectivity index (χ0) is 11.1. The Morgan fingerprint density at radius 2 is 1.75 bits per heavy atom. The van der Waals surface area contributed by atoms with E-state index in [1.807, 2.05) is 37.3 Å². The number of fused-ring (bicyclic) bond motifs is 3. The van der Waals surface area contributed by atoms with Crippen molar-refractivity contribution < 1.29 is 0 Å². The van der Waals surface area contributed by atoms with Crippen LogP contribution >= 0.6 is 0 Å². The van der Waals surface area contributed by atoms with Crippen LogP contribution in [0.3, 0.4) is 0 Å². The average molecular weight is 209 g/mol. The van der Waals surface area contributed by atoms with Crippen molar-refractivity contribution in [2.75, 3.05) is 5.73 Å². The van der Waals surface area contributed by atoms with Crippen molar-refractivity contribution in [1.29, 1.82) is 0 Å². The third kappa shape index (κ3) is 1.21. The van der Waals surface area contributed by atoms with Gasteiger partial charge in [0.2, 0.25) is 0 Å². The summed E-state index contributed by atoms with van der Waals surface area (Å²) >= 11 is 0. The molecule has 0 aliphatic rings. The van der Waals surface area contributed by atoms with Gasteiger partial charge >= 0.3 is 0 Å². The molecule has 0 amide bonds. The fraction of sp³-hybridized carbons (Fsp3) is 0.0769. The summed E-state index contributed by atoms with van der Waals surface area (Å²) in [5.74, 6) is 0.498. The summed E-state index contributed by atoms with van der Waals surface area (Å²) in [7, 11) is 0. The monoisotopic (exact) mass is 209 g/mol. The molecule has 3 rings (SSSR count). The fourth-order valence-corrected chi connectivity index (χ4v) is 1.95. The number of hydrogen-bond acceptors (Lipinski definition) is 3. The molecule has 3 nitrogen and oxygen atoms in total. The van der Waals surface area contributed by atoms with Crippen LogP contribution in [0.2, 0.25) is 0 Å². The number of anilines is 1. The van der Waals surface area contributed by atoms with Gasteiger partial charge in [-0.05, 0) is 19.1 Å². The Bertz CT molecular complexity index is 689. The number of nitrogen functional groups attached to an aromatic ring is 1. The normalized spacial score (nSPS) is 11.1. The molecule has 3 aromatic rings. The number of hydrogen-bond donors (Lipinski definition) is 1. The Labute approximate surface area is 92.9 Å². The predicted molar refractivity (Wildman–Crippen MR) is 66.2 cm³/mol. The smallest absolute Gasteiger partial charge is 0.150 e. The summed E-state index contributed by atoms with van der Waals surface area (Å²) in [6.45, 7) is 1.95. The Kier molecular flexibility index (Phi) is 1.80. The number of rotatable bonds is 0. The summed E-state index contributed by atoms with van der Waals surface area (Å²) in [4.78, 5) is 8.80. The van der Waals surface area contributed by atoms with Crippen molar-refractivity contribution in [2.24, 2.45) is 0 Å². The van der Waals surface area contributed by atoms with Crippen molar-refractivity contribution in [2.45, 2.75) is 6.92 Å². The second-order valence-electron chi connectivity index (χ2n) is 3.86. The number of aryl methyl sites for hydroxylation is 1. The lowest BCUT2D eigenvalue weighted by Crippen LogP contribution is -1.96. The standard InChI is InChI=1S/C13H11N3/c1-8-6-7-10-9-4-2-3-5-11(9)16-13(14)12(10)15-8/h2-7H,1H3,(H2,14,16). The van der Waals surface area contributed by atoms with E-state index in [-0.39, 0.29) is 0 Å². The summed E-state index contributed by atoms with van der Waals surface area (Å²) in [6.07, 6.45) is 0. The van der Waals surface area contributed by atoms with E-state index in [4.69, 9.17) is 5.73 Å². The van der Waals surface area contributed by atoms with Crippen LogP contribution in [0.5, 0.6) is 0 Å². The number of aromatic nitrogens is 2. The molecule has 0 saturated heterocycles. The highest BCUT2D eigenvalue weighted by Gasteiger charge is 2.06. The first-order valence-electron chi connectivity index (χ1n) is 5.17. The molecule has 2 N–H and O–H groups in total. The molecule has 16 heavy (non-hydrogen) atoms. The molecule has 0 saturated carbocycles. The number of nitrogens with two attached hydrogens (primary N) is 1. The molecule has 0 radical (unpaired) electrons. The van der Waals surface area contributed by atoms with Gasteiger partial charge in [-0.1, -0.05) is 24.3 Å². The van der Waals surface area contributed by atoms with Crippen molar-refractivity contribution >= 4 is 27.6 Å². The van der Waals surface area contributed by atoms with Gasteiger partial charge in [0.15, 0.2) is 5.82 Å². The highest BCUT2D eigenvalue weighted by molar-refractivity contribution is 6.07. The summed E-state index contributed by atoms with van der Waals surface area (Å²) in [5.41, 5.74) is 8.58. The minimum atomic E-state index is 0.498. The molecule has 2 heterocycles. The number of benzene rings is 1. The molecule has 0 fully saturated rings. The SMILES string of the molecule is Cc1ccc2c(n1)c(N)nc1ccccc12. The van der Waals surface area contributed by atoms with E-state index in [1.165, 1.54) is 0 Å². The van der Waals surface area contributed by atoms with Crippen molar-refractivity contribution in [3.8, 4) is 0 Å². The van der Waals surface area contributed by atoms with Crippen LogP contribution in [0.15, 0.2) is 36.4 Å². The summed E-state index contributed by atoms with van der Waals surface area (Å²) in [6, 6.07) is 12.0. The first kappa shape index (κ1) is 9.09. The molecule has 0 atom stereocenters. The maximum atomic E-state index is 5.92. The molecule has 0 aliphatic heterocycles. The molecular weight excluding hydrogens is 198 g/mol. The molecule has 2 aromatic heterocycles. The lowest BCUT2D eigenvalue weighted by molar-refractivity contribution is 1.25. The Balaban J connectivity index is 2.59. The van der Waals surface area contributed by atoms with Crippen LogP contribution in [-0.4, -0.2) is 9.97 Å². The highest BCUT2D eigenvalue weighted by atomic mass is 14.9. The van der Waals surface area contributed by atoms with E-state index >= 15 is 0 Å². The lowest BCUT2D eigenvalue weighted by atomic mass is 10.1. The molecule has 1 aromatic carbocycles. The largest absolute Gasteiger partial charge is 0.382 e. The van der Waals surface area contributed by atoms with Gasteiger partial charge in [0.05, 0.1) is 5.52 Å². The molecule has 0 unspecified atom stereocenters. The third-order valence-electron chi connectivity index (χ3n) is 2.71. The van der Waals surface area contributed by atoms with Gasteiger partial charge in [-0.2, -0.15) is 0 Å². The minimum Gasteiger partial charge on any atom is -0.382 e. The number of pyridine rings is 2. The van der Waals surface area contributed by atoms with Gasteiger partial charge < -0.3 is 5.73 Å². The Hall–Kier alpha value is -2.16. The number of para-hydroxylation sites is 1. The molecule has 0 spiro atoms. The first-order chi connectivity index (χ1) is 7.75. The van der Waals surface area contributed by atoms with E-state index in [9.17, 15) is 0 Å². The minimum absolute atomic E-state index is 0.498. The average Bonchev–Trinajstić information content (AvgIpc) is 2.29. The fourth-order valence-electron chi connectivity index (χ4n) is 1.95. The second kappa shape index (κ2) is 3.17. The van der Waals surface area contributed by atoms with Crippen LogP contribution < -0.4 is 5.73 Å². The number of nitrogens with zero attached hydrogens (tertiary/aromatic N) is 2. The quantitative estimate of drug-likeness (QED) is 0.579. The maximum Gasteiger partial charge on any atom is 0.150 e. The van der Waals surface area contributed by atoms with Crippen molar-refractivity contribution in [3.63, 3.8) is 0 Å². The van der Waals surface area contributed by atoms with Crippen LogP contribution in [0.25, 0.3) is 21.8 Å². The highest BCUT2D eigenvalue weighted by Crippen LogP contribution is 2.26. The van der Waals surface area contributed by atoms with Gasteiger partial charge in [0, 0.05) is 16.5 Å². The van der Waals surface area contributed by atoms with E-state index in [0.29, 0.717) is 5.82 Å². The van der Waals surface area contributed by atoms with Gasteiger partial charge in [0.1, 0.15) is 5.52 Å². The van der Waals surface area contributed by atoms with Gasteiger partial charge in [0.25, 0.3) is 0 Å². The molecule has 0 bridgehead atoms. The third-order valence-corrected chi connectivity index (χ3v) is 2.71. The predicted octanol–water partition coefficient (Wildman–Crippen LogP) is 2.67. The van der Waals surface area contributed by atoms with E-state index < -0.39 is 0 Å². The van der Waals surface area contributed by atoms with Gasteiger partial charge in [-0.15, -0.1) is 0 Å². The second-order valence-corrected chi connectivity index (χ2v) is 3.86. The van der Waals surface area contributed by atoms with Crippen molar-refractivity contribution in [3.05, 3.63) is 42.1 Å². The van der Waals surface area contributed by atoms with E-state index in [2.05, 4.69) is 16.0 Å². The topological polar surface area (TPSA) is 51.8 Å². The molecule has 0 aliphatic carbocycles. The van der Waals surface area contributed by atoms with Crippen LogP contribution in [-0.2, 0) is 0 Å². The maximum absolute atomic E-state index is 5.92. The first-order valence-corrected chi connectivity index (χ1v) is 5.17. The van der Waals surface area contributed by atoms with Gasteiger partial charge in [-0.3, -0.25) is 0 Å². The van der Waals surface area contributed by atoms with E-state index in [0.717, 1.165) is 27.5 Å². The van der Waals surface area contributed by atoms with E-state index in [1.54, 1.807) is 0 Å². The Morgan fingerprint density at radius 1 is 0.938 bits per heavy atom. The summed E-state index contributed by atoms with van der Waals surface area (Å²) in [5, 5.41) is 2.16. The van der Waals surface area contributed by atoms with Crippen molar-refractivity contribution in [1.82, 2.24) is 9.97 Å². The molecule has 78 valence electrons. The molecule has 3 heteroatoms. The zero-order valence-electron chi connectivity index (χ0n) is 8.94. The Morgan fingerprint density at radius 3 is 2.62 bits per heavy atom. The summed E-state index contributed by atoms with van der Waals surface area (Å²) < 4.78 is 0. The zero-order valence-corrected chi connectivity index (χ0v) is 8.94. The van der Waals surface area contributed by atoms with Crippen LogP contribution in [0.1, 0.15) is 5.69 Å². The lowest BCUT2D eigenvalue weighted by Gasteiger charge is -2.05. The molecular formula is C13H11N3. The van der Waals surface area contributed by atoms with Gasteiger partial charge in [-0.25, -0.2) is 9.97 Å². The van der Waals surface area contributed by atoms with Crippen LogP contribution in [0, 0.1) is 6.92 Å².